The second kappa shape index (κ2) is 8.19. The minimum Gasteiger partial charge on any atom is -0.348 e. The molecule has 0 aliphatic rings. The van der Waals surface area contributed by atoms with Crippen molar-refractivity contribution in [3.05, 3.63) is 99.1 Å². The molecule has 2 aromatic carbocycles. The molecule has 0 unspecified atom stereocenters. The number of carbonyl (C=O) groups is 1. The van der Waals surface area contributed by atoms with Gasteiger partial charge in [0.1, 0.15) is 12.1 Å². The number of carbonyl (C=O) groups excluding carboxylic acids is 1. The quantitative estimate of drug-likeness (QED) is 0.435. The highest BCUT2D eigenvalue weighted by molar-refractivity contribution is 5.97. The van der Waals surface area contributed by atoms with Gasteiger partial charge in [-0.1, -0.05) is 18.2 Å². The number of pyridine rings is 1. The lowest BCUT2D eigenvalue weighted by atomic mass is 10.1. The first-order chi connectivity index (χ1) is 16.0. The van der Waals surface area contributed by atoms with E-state index in [1.807, 2.05) is 41.0 Å². The number of hydrogen-bond donors (Lipinski definition) is 2. The number of H-pyrrole nitrogens is 1. The van der Waals surface area contributed by atoms with Crippen molar-refractivity contribution < 1.29 is 4.79 Å². The number of fused-ring (bicyclic) bond motifs is 2. The molecule has 9 nitrogen and oxygen atoms in total. The van der Waals surface area contributed by atoms with Crippen LogP contribution in [0.4, 0.5) is 0 Å². The summed E-state index contributed by atoms with van der Waals surface area (Å²) in [5, 5.41) is 3.20. The third-order valence-electron chi connectivity index (χ3n) is 5.52. The SMILES string of the molecule is CCn1c(=O)[nH]c2cc(C(=O)NCc3ccc(-n4cnc5ccccc54)nc3)ccc2c1=O. The summed E-state index contributed by atoms with van der Waals surface area (Å²) in [6.45, 7) is 2.28. The summed E-state index contributed by atoms with van der Waals surface area (Å²) in [6, 6.07) is 16.2. The van der Waals surface area contributed by atoms with E-state index in [2.05, 4.69) is 20.3 Å². The van der Waals surface area contributed by atoms with Gasteiger partial charge in [-0.25, -0.2) is 14.8 Å². The molecule has 0 aliphatic heterocycles. The van der Waals surface area contributed by atoms with Crippen molar-refractivity contribution in [3.63, 3.8) is 0 Å². The fourth-order valence-electron chi connectivity index (χ4n) is 3.77. The number of nitrogens with one attached hydrogen (secondary N) is 2. The number of imidazole rings is 1. The summed E-state index contributed by atoms with van der Waals surface area (Å²) in [5.41, 5.74) is 2.50. The van der Waals surface area contributed by atoms with E-state index < -0.39 is 5.69 Å². The van der Waals surface area contributed by atoms with Crippen molar-refractivity contribution in [2.75, 3.05) is 0 Å². The Labute approximate surface area is 187 Å². The van der Waals surface area contributed by atoms with Crippen LogP contribution in [0.15, 0.2) is 76.7 Å². The van der Waals surface area contributed by atoms with Crippen LogP contribution in [-0.4, -0.2) is 30.0 Å². The number of nitrogens with zero attached hydrogens (tertiary/aromatic N) is 4. The molecule has 0 fully saturated rings. The number of amides is 1. The van der Waals surface area contributed by atoms with Crippen molar-refractivity contribution in [1.82, 2.24) is 29.4 Å². The minimum atomic E-state index is -0.496. The predicted octanol–water partition coefficient (Wildman–Crippen LogP) is 2.37. The average Bonchev–Trinajstić information content (AvgIpc) is 3.27. The Balaban J connectivity index is 1.32. The van der Waals surface area contributed by atoms with Crippen molar-refractivity contribution in [1.29, 1.82) is 0 Å². The van der Waals surface area contributed by atoms with E-state index in [0.717, 1.165) is 27.0 Å². The van der Waals surface area contributed by atoms with E-state index in [0.29, 0.717) is 16.5 Å². The number of aromatic nitrogens is 5. The van der Waals surface area contributed by atoms with Gasteiger partial charge in [-0.3, -0.25) is 18.7 Å². The molecule has 164 valence electrons. The first-order valence-corrected chi connectivity index (χ1v) is 10.5. The van der Waals surface area contributed by atoms with Gasteiger partial charge in [0, 0.05) is 24.8 Å². The molecule has 3 heterocycles. The molecule has 0 radical (unpaired) electrons. The number of aromatic amines is 1. The summed E-state index contributed by atoms with van der Waals surface area (Å²) >= 11 is 0. The third-order valence-corrected chi connectivity index (χ3v) is 5.52. The lowest BCUT2D eigenvalue weighted by Crippen LogP contribution is -2.34. The highest BCUT2D eigenvalue weighted by Crippen LogP contribution is 2.16. The molecule has 0 atom stereocenters. The molecule has 5 rings (SSSR count). The molecule has 3 aromatic heterocycles. The summed E-state index contributed by atoms with van der Waals surface area (Å²) in [6.07, 6.45) is 3.43. The van der Waals surface area contributed by atoms with Crippen LogP contribution in [0.1, 0.15) is 22.8 Å². The van der Waals surface area contributed by atoms with Crippen LogP contribution in [-0.2, 0) is 13.1 Å². The highest BCUT2D eigenvalue weighted by Gasteiger charge is 2.11. The number of benzene rings is 2. The molecule has 0 spiro atoms. The second-order valence-electron chi connectivity index (χ2n) is 7.55. The summed E-state index contributed by atoms with van der Waals surface area (Å²) < 4.78 is 3.02. The molecule has 0 saturated heterocycles. The Bertz CT molecular complexity index is 1610. The Morgan fingerprint density at radius 3 is 2.70 bits per heavy atom. The lowest BCUT2D eigenvalue weighted by Gasteiger charge is -2.08. The van der Waals surface area contributed by atoms with Gasteiger partial charge in [0.15, 0.2) is 0 Å². The van der Waals surface area contributed by atoms with E-state index in [4.69, 9.17) is 0 Å². The monoisotopic (exact) mass is 440 g/mol. The van der Waals surface area contributed by atoms with Crippen molar-refractivity contribution in [2.24, 2.45) is 0 Å². The fourth-order valence-corrected chi connectivity index (χ4v) is 3.77. The largest absolute Gasteiger partial charge is 0.348 e. The van der Waals surface area contributed by atoms with E-state index in [1.165, 1.54) is 6.07 Å². The maximum atomic E-state index is 12.6. The van der Waals surface area contributed by atoms with E-state index >= 15 is 0 Å². The van der Waals surface area contributed by atoms with Gasteiger partial charge in [0.05, 0.1) is 21.9 Å². The maximum Gasteiger partial charge on any atom is 0.328 e. The maximum absolute atomic E-state index is 12.6. The summed E-state index contributed by atoms with van der Waals surface area (Å²) in [4.78, 5) is 48.6. The second-order valence-corrected chi connectivity index (χ2v) is 7.55. The first kappa shape index (κ1) is 20.4. The van der Waals surface area contributed by atoms with E-state index in [1.54, 1.807) is 31.6 Å². The molecule has 1 amide bonds. The van der Waals surface area contributed by atoms with Gasteiger partial charge in [-0.05, 0) is 48.9 Å². The number of rotatable bonds is 5. The molecule has 0 bridgehead atoms. The standard InChI is InChI=1S/C24H20N6O3/c1-2-29-23(32)17-9-8-16(11-19(17)28-24(29)33)22(31)26-13-15-7-10-21(25-12-15)30-14-27-18-5-3-4-6-20(18)30/h3-12,14H,2,13H2,1H3,(H,26,31)(H,28,33). The zero-order valence-electron chi connectivity index (χ0n) is 17.8. The topological polar surface area (TPSA) is 115 Å². The van der Waals surface area contributed by atoms with Crippen LogP contribution in [0.2, 0.25) is 0 Å². The zero-order chi connectivity index (χ0) is 22.9. The number of para-hydroxylation sites is 2. The predicted molar refractivity (Wildman–Crippen MR) is 125 cm³/mol. The Hall–Kier alpha value is -4.53. The van der Waals surface area contributed by atoms with Gasteiger partial charge < -0.3 is 10.3 Å². The van der Waals surface area contributed by atoms with Crippen molar-refractivity contribution in [2.45, 2.75) is 20.0 Å². The number of hydrogen-bond acceptors (Lipinski definition) is 5. The first-order valence-electron chi connectivity index (χ1n) is 10.5. The van der Waals surface area contributed by atoms with Crippen LogP contribution < -0.4 is 16.6 Å². The smallest absolute Gasteiger partial charge is 0.328 e. The van der Waals surface area contributed by atoms with Crippen LogP contribution in [0.5, 0.6) is 0 Å². The third kappa shape index (κ3) is 3.69. The molecule has 5 aromatic rings. The van der Waals surface area contributed by atoms with E-state index in [9.17, 15) is 14.4 Å². The molecule has 33 heavy (non-hydrogen) atoms. The van der Waals surface area contributed by atoms with E-state index in [-0.39, 0.29) is 24.6 Å². The molecule has 0 saturated carbocycles. The summed E-state index contributed by atoms with van der Waals surface area (Å²) in [7, 11) is 0. The normalized spacial score (nSPS) is 11.2. The molecule has 0 aliphatic carbocycles. The molecular weight excluding hydrogens is 420 g/mol. The lowest BCUT2D eigenvalue weighted by molar-refractivity contribution is 0.0951. The van der Waals surface area contributed by atoms with Crippen LogP contribution in [0, 0.1) is 0 Å². The fraction of sp³-hybridized carbons (Fsp3) is 0.125. The minimum absolute atomic E-state index is 0.274. The Morgan fingerprint density at radius 1 is 1.06 bits per heavy atom. The zero-order valence-corrected chi connectivity index (χ0v) is 17.8. The molecular formula is C24H20N6O3. The Morgan fingerprint density at radius 2 is 1.91 bits per heavy atom. The van der Waals surface area contributed by atoms with Crippen LogP contribution >= 0.6 is 0 Å². The van der Waals surface area contributed by atoms with Gasteiger partial charge in [-0.2, -0.15) is 0 Å². The average molecular weight is 440 g/mol. The van der Waals surface area contributed by atoms with Gasteiger partial charge in [0.2, 0.25) is 0 Å². The van der Waals surface area contributed by atoms with Crippen LogP contribution in [0.25, 0.3) is 27.8 Å². The van der Waals surface area contributed by atoms with Crippen LogP contribution in [0.3, 0.4) is 0 Å². The summed E-state index contributed by atoms with van der Waals surface area (Å²) in [5.74, 6) is 0.414. The van der Waals surface area contributed by atoms with Gasteiger partial charge >= 0.3 is 5.69 Å². The highest BCUT2D eigenvalue weighted by atomic mass is 16.2. The molecule has 2 N–H and O–H groups in total. The molecule has 9 heteroatoms. The van der Waals surface area contributed by atoms with Gasteiger partial charge in [-0.15, -0.1) is 0 Å². The van der Waals surface area contributed by atoms with Crippen molar-refractivity contribution in [3.8, 4) is 5.82 Å². The Kier molecular flexibility index (Phi) is 5.06. The van der Waals surface area contributed by atoms with Gasteiger partial charge in [0.25, 0.3) is 11.5 Å². The van der Waals surface area contributed by atoms with Crippen molar-refractivity contribution >= 4 is 27.8 Å².